The molecule has 2 aliphatic rings. The van der Waals surface area contributed by atoms with Crippen molar-refractivity contribution in [3.8, 4) is 11.5 Å². The van der Waals surface area contributed by atoms with Gasteiger partial charge in [0.1, 0.15) is 0 Å². The van der Waals surface area contributed by atoms with Gasteiger partial charge >= 0.3 is 0 Å². The van der Waals surface area contributed by atoms with Gasteiger partial charge in [-0.2, -0.15) is 0 Å². The summed E-state index contributed by atoms with van der Waals surface area (Å²) in [4.78, 5) is 12.5. The fourth-order valence-corrected chi connectivity index (χ4v) is 4.23. The zero-order valence-corrected chi connectivity index (χ0v) is 16.1. The van der Waals surface area contributed by atoms with Gasteiger partial charge in [-0.15, -0.1) is 0 Å². The van der Waals surface area contributed by atoms with Gasteiger partial charge in [-0.05, 0) is 63.1 Å². The Morgan fingerprint density at radius 3 is 2.69 bits per heavy atom. The van der Waals surface area contributed by atoms with Gasteiger partial charge in [-0.25, -0.2) is 0 Å². The largest absolute Gasteiger partial charge is 0.490 e. The number of nitrogens with one attached hydrogen (secondary N) is 2. The molecule has 1 amide bonds. The van der Waals surface area contributed by atoms with E-state index in [1.807, 2.05) is 32.0 Å². The predicted molar refractivity (Wildman–Crippen MR) is 103 cm³/mol. The third-order valence-corrected chi connectivity index (χ3v) is 5.50. The Kier molecular flexibility index (Phi) is 6.78. The van der Waals surface area contributed by atoms with Crippen LogP contribution in [-0.4, -0.2) is 37.7 Å². The van der Waals surface area contributed by atoms with Crippen molar-refractivity contribution in [1.82, 2.24) is 10.6 Å². The van der Waals surface area contributed by atoms with Gasteiger partial charge in [0, 0.05) is 12.6 Å². The zero-order chi connectivity index (χ0) is 18.4. The summed E-state index contributed by atoms with van der Waals surface area (Å²) in [6, 6.07) is 6.56. The Labute approximate surface area is 156 Å². The van der Waals surface area contributed by atoms with Gasteiger partial charge in [0.2, 0.25) is 5.91 Å². The van der Waals surface area contributed by atoms with E-state index in [0.29, 0.717) is 31.7 Å². The molecule has 3 unspecified atom stereocenters. The van der Waals surface area contributed by atoms with E-state index >= 15 is 0 Å². The molecule has 5 nitrogen and oxygen atoms in total. The summed E-state index contributed by atoms with van der Waals surface area (Å²) in [7, 11) is 0. The lowest BCUT2D eigenvalue weighted by molar-refractivity contribution is -0.122. The first-order valence-corrected chi connectivity index (χ1v) is 10.1. The van der Waals surface area contributed by atoms with Crippen LogP contribution in [0, 0.1) is 5.92 Å². The summed E-state index contributed by atoms with van der Waals surface area (Å²) in [6.07, 6.45) is 6.89. The van der Waals surface area contributed by atoms with Crippen molar-refractivity contribution in [1.29, 1.82) is 0 Å². The number of ether oxygens (including phenoxy) is 2. The van der Waals surface area contributed by atoms with Crippen molar-refractivity contribution in [3.63, 3.8) is 0 Å². The van der Waals surface area contributed by atoms with Crippen LogP contribution in [-0.2, 0) is 11.2 Å². The van der Waals surface area contributed by atoms with Gasteiger partial charge in [0.25, 0.3) is 0 Å². The van der Waals surface area contributed by atoms with Crippen LogP contribution < -0.4 is 20.1 Å². The molecule has 3 atom stereocenters. The Balaban J connectivity index is 1.48. The second-order valence-electron chi connectivity index (χ2n) is 7.29. The lowest BCUT2D eigenvalue weighted by Crippen LogP contribution is -2.43. The highest BCUT2D eigenvalue weighted by atomic mass is 16.5. The molecule has 0 aromatic heterocycles. The van der Waals surface area contributed by atoms with Crippen LogP contribution in [0.3, 0.4) is 0 Å². The molecule has 5 heteroatoms. The van der Waals surface area contributed by atoms with E-state index in [1.54, 1.807) is 0 Å². The molecule has 144 valence electrons. The minimum atomic E-state index is -0.0117. The Bertz CT molecular complexity index is 591. The van der Waals surface area contributed by atoms with Crippen LogP contribution >= 0.6 is 0 Å². The van der Waals surface area contributed by atoms with Crippen LogP contribution in [0.4, 0.5) is 0 Å². The monoisotopic (exact) mass is 360 g/mol. The fourth-order valence-electron chi connectivity index (χ4n) is 4.23. The van der Waals surface area contributed by atoms with Crippen LogP contribution in [0.25, 0.3) is 0 Å². The molecule has 1 aromatic rings. The first-order chi connectivity index (χ1) is 12.7. The highest BCUT2D eigenvalue weighted by Gasteiger charge is 2.37. The first kappa shape index (κ1) is 19.0. The molecule has 1 saturated carbocycles. The van der Waals surface area contributed by atoms with Crippen molar-refractivity contribution < 1.29 is 14.3 Å². The SMILES string of the molecule is CCOc1ccc(CCNC(=O)C2CC3CCCCC3N2)cc1OCC. The van der Waals surface area contributed by atoms with Crippen LogP contribution in [0.15, 0.2) is 18.2 Å². The summed E-state index contributed by atoms with van der Waals surface area (Å²) in [5.74, 6) is 2.40. The smallest absolute Gasteiger partial charge is 0.237 e. The number of amides is 1. The average Bonchev–Trinajstić information content (AvgIpc) is 3.08. The quantitative estimate of drug-likeness (QED) is 0.748. The average molecular weight is 360 g/mol. The van der Waals surface area contributed by atoms with Crippen LogP contribution in [0.1, 0.15) is 51.5 Å². The lowest BCUT2D eigenvalue weighted by atomic mass is 9.85. The van der Waals surface area contributed by atoms with Crippen molar-refractivity contribution in [2.75, 3.05) is 19.8 Å². The molecule has 3 rings (SSSR count). The topological polar surface area (TPSA) is 59.6 Å². The first-order valence-electron chi connectivity index (χ1n) is 10.1. The molecule has 0 spiro atoms. The molecule has 1 saturated heterocycles. The normalized spacial score (nSPS) is 24.8. The lowest BCUT2D eigenvalue weighted by Gasteiger charge is -2.24. The Morgan fingerprint density at radius 1 is 1.15 bits per heavy atom. The van der Waals surface area contributed by atoms with Crippen molar-refractivity contribution in [2.24, 2.45) is 5.92 Å². The molecular weight excluding hydrogens is 328 g/mol. The number of fused-ring (bicyclic) bond motifs is 1. The van der Waals surface area contributed by atoms with E-state index in [2.05, 4.69) is 10.6 Å². The third-order valence-electron chi connectivity index (χ3n) is 5.50. The fraction of sp³-hybridized carbons (Fsp3) is 0.667. The van der Waals surface area contributed by atoms with E-state index in [4.69, 9.17) is 9.47 Å². The number of hydrogen-bond donors (Lipinski definition) is 2. The van der Waals surface area contributed by atoms with Gasteiger partial charge in [-0.3, -0.25) is 4.79 Å². The van der Waals surface area contributed by atoms with E-state index in [0.717, 1.165) is 29.9 Å². The summed E-state index contributed by atoms with van der Waals surface area (Å²) in [5.41, 5.74) is 1.14. The van der Waals surface area contributed by atoms with Gasteiger partial charge in [0.05, 0.1) is 19.3 Å². The molecule has 1 aromatic carbocycles. The summed E-state index contributed by atoms with van der Waals surface area (Å²) in [6.45, 7) is 5.80. The molecule has 0 radical (unpaired) electrons. The van der Waals surface area contributed by atoms with Gasteiger partial charge < -0.3 is 20.1 Å². The third kappa shape index (κ3) is 4.70. The highest BCUT2D eigenvalue weighted by molar-refractivity contribution is 5.82. The van der Waals surface area contributed by atoms with E-state index < -0.39 is 0 Å². The molecule has 0 bridgehead atoms. The van der Waals surface area contributed by atoms with E-state index in [9.17, 15) is 4.79 Å². The molecule has 1 heterocycles. The highest BCUT2D eigenvalue weighted by Crippen LogP contribution is 2.33. The van der Waals surface area contributed by atoms with Crippen molar-refractivity contribution in [2.45, 2.75) is 64.5 Å². The Hall–Kier alpha value is -1.75. The molecule has 1 aliphatic carbocycles. The standard InChI is InChI=1S/C21H32N2O3/c1-3-25-19-10-9-15(13-20(19)26-4-2)11-12-22-21(24)18-14-16-7-5-6-8-17(16)23-18/h9-10,13,16-18,23H,3-8,11-12,14H2,1-2H3,(H,22,24). The minimum absolute atomic E-state index is 0.0117. The second-order valence-corrected chi connectivity index (χ2v) is 7.29. The van der Waals surface area contributed by atoms with E-state index in [-0.39, 0.29) is 11.9 Å². The number of carbonyl (C=O) groups excluding carboxylic acids is 1. The van der Waals surface area contributed by atoms with Crippen molar-refractivity contribution >= 4 is 5.91 Å². The number of rotatable bonds is 8. The second kappa shape index (κ2) is 9.26. The number of hydrogen-bond acceptors (Lipinski definition) is 4. The van der Waals surface area contributed by atoms with Crippen LogP contribution in [0.2, 0.25) is 0 Å². The number of carbonyl (C=O) groups is 1. The maximum atomic E-state index is 12.5. The summed E-state index contributed by atoms with van der Waals surface area (Å²) in [5, 5.41) is 6.64. The van der Waals surface area contributed by atoms with E-state index in [1.165, 1.54) is 25.7 Å². The summed E-state index contributed by atoms with van der Waals surface area (Å²) < 4.78 is 11.3. The molecule has 2 fully saturated rings. The van der Waals surface area contributed by atoms with Crippen LogP contribution in [0.5, 0.6) is 11.5 Å². The number of benzene rings is 1. The maximum absolute atomic E-state index is 12.5. The van der Waals surface area contributed by atoms with Crippen molar-refractivity contribution in [3.05, 3.63) is 23.8 Å². The Morgan fingerprint density at radius 2 is 1.92 bits per heavy atom. The minimum Gasteiger partial charge on any atom is -0.490 e. The molecule has 1 aliphatic heterocycles. The maximum Gasteiger partial charge on any atom is 0.237 e. The summed E-state index contributed by atoms with van der Waals surface area (Å²) >= 11 is 0. The zero-order valence-electron chi connectivity index (χ0n) is 16.1. The molecular formula is C21H32N2O3. The molecule has 26 heavy (non-hydrogen) atoms. The molecule has 2 N–H and O–H groups in total. The van der Waals surface area contributed by atoms with Gasteiger partial charge in [0.15, 0.2) is 11.5 Å². The predicted octanol–water partition coefficient (Wildman–Crippen LogP) is 3.06. The van der Waals surface area contributed by atoms with Gasteiger partial charge in [-0.1, -0.05) is 18.9 Å².